The van der Waals surface area contributed by atoms with E-state index < -0.39 is 0 Å². The Morgan fingerprint density at radius 1 is 1.22 bits per heavy atom. The molecule has 0 fully saturated rings. The van der Waals surface area contributed by atoms with E-state index in [1.807, 2.05) is 42.5 Å². The first-order chi connectivity index (χ1) is 13.0. The highest BCUT2D eigenvalue weighted by atomic mass is 79.9. The predicted octanol–water partition coefficient (Wildman–Crippen LogP) is 4.77. The van der Waals surface area contributed by atoms with Gasteiger partial charge in [-0.05, 0) is 54.3 Å². The number of rotatable bonds is 5. The molecular weight excluding hydrogens is 476 g/mol. The first kappa shape index (κ1) is 19.4. The number of carbonyl (C=O) groups excluding carboxylic acids is 1. The second kappa shape index (κ2) is 8.54. The van der Waals surface area contributed by atoms with Crippen molar-refractivity contribution < 1.29 is 14.6 Å². The van der Waals surface area contributed by atoms with Crippen LogP contribution in [-0.4, -0.2) is 24.3 Å². The number of benzene rings is 3. The summed E-state index contributed by atoms with van der Waals surface area (Å²) in [5.41, 5.74) is 3.82. The number of aromatic hydroxyl groups is 1. The molecular formula is C20H16Br2N2O3. The van der Waals surface area contributed by atoms with Crippen LogP contribution < -0.4 is 10.2 Å². The molecule has 7 heteroatoms. The van der Waals surface area contributed by atoms with Crippen LogP contribution in [-0.2, 0) is 11.2 Å². The van der Waals surface area contributed by atoms with E-state index in [2.05, 4.69) is 42.4 Å². The Hall–Kier alpha value is -2.38. The molecule has 0 bridgehead atoms. The van der Waals surface area contributed by atoms with Gasteiger partial charge in [-0.2, -0.15) is 5.10 Å². The molecule has 0 unspecified atom stereocenters. The summed E-state index contributed by atoms with van der Waals surface area (Å²) in [5, 5.41) is 16.3. The number of ether oxygens (including phenoxy) is 1. The summed E-state index contributed by atoms with van der Waals surface area (Å²) in [6.45, 7) is 0. The number of carbonyl (C=O) groups is 1. The van der Waals surface area contributed by atoms with Crippen molar-refractivity contribution in [1.29, 1.82) is 0 Å². The van der Waals surface area contributed by atoms with Gasteiger partial charge < -0.3 is 9.84 Å². The maximum atomic E-state index is 12.3. The lowest BCUT2D eigenvalue weighted by Gasteiger charge is -2.10. The van der Waals surface area contributed by atoms with Gasteiger partial charge in [-0.1, -0.05) is 42.5 Å². The lowest BCUT2D eigenvalue weighted by molar-refractivity contribution is -0.120. The molecule has 0 saturated heterocycles. The van der Waals surface area contributed by atoms with Gasteiger partial charge in [-0.3, -0.25) is 4.79 Å². The number of amides is 1. The molecule has 3 rings (SSSR count). The number of hydrogen-bond donors (Lipinski definition) is 2. The van der Waals surface area contributed by atoms with Crippen LogP contribution in [0.15, 0.2) is 62.6 Å². The molecule has 0 spiro atoms. The molecule has 0 aliphatic carbocycles. The van der Waals surface area contributed by atoms with E-state index in [4.69, 9.17) is 4.74 Å². The smallest absolute Gasteiger partial charge is 0.244 e. The fraction of sp³-hybridized carbons (Fsp3) is 0.100. The van der Waals surface area contributed by atoms with Crippen LogP contribution in [0.25, 0.3) is 10.8 Å². The summed E-state index contributed by atoms with van der Waals surface area (Å²) in [7, 11) is 1.46. The number of fused-ring (bicyclic) bond motifs is 1. The Morgan fingerprint density at radius 2 is 1.96 bits per heavy atom. The quantitative estimate of drug-likeness (QED) is 0.399. The van der Waals surface area contributed by atoms with Gasteiger partial charge in [0.2, 0.25) is 5.91 Å². The molecule has 0 saturated carbocycles. The maximum absolute atomic E-state index is 12.3. The van der Waals surface area contributed by atoms with Crippen LogP contribution in [0, 0.1) is 0 Å². The number of methoxy groups -OCH3 is 1. The number of nitrogens with one attached hydrogen (secondary N) is 1. The van der Waals surface area contributed by atoms with E-state index >= 15 is 0 Å². The molecule has 3 aromatic rings. The first-order valence-electron chi connectivity index (χ1n) is 8.04. The number of nitrogens with zero attached hydrogens (tertiary/aromatic N) is 1. The predicted molar refractivity (Wildman–Crippen MR) is 113 cm³/mol. The van der Waals surface area contributed by atoms with Crippen LogP contribution in [0.3, 0.4) is 0 Å². The molecule has 1 amide bonds. The van der Waals surface area contributed by atoms with E-state index in [-0.39, 0.29) is 18.1 Å². The van der Waals surface area contributed by atoms with E-state index in [0.29, 0.717) is 20.3 Å². The van der Waals surface area contributed by atoms with E-state index in [1.165, 1.54) is 13.3 Å². The summed E-state index contributed by atoms with van der Waals surface area (Å²) in [4.78, 5) is 12.3. The minimum absolute atomic E-state index is 0.0698. The van der Waals surface area contributed by atoms with Crippen LogP contribution in [0.1, 0.15) is 11.1 Å². The van der Waals surface area contributed by atoms with Crippen LogP contribution in [0.4, 0.5) is 0 Å². The minimum Gasteiger partial charge on any atom is -0.504 e. The number of phenols is 1. The van der Waals surface area contributed by atoms with E-state index in [0.717, 1.165) is 16.3 Å². The molecule has 0 aliphatic heterocycles. The number of hydrogen-bond acceptors (Lipinski definition) is 4. The van der Waals surface area contributed by atoms with Crippen LogP contribution >= 0.6 is 31.9 Å². The molecule has 0 atom stereocenters. The Balaban J connectivity index is 1.75. The molecule has 0 radical (unpaired) electrons. The average Bonchev–Trinajstić information content (AvgIpc) is 2.67. The summed E-state index contributed by atoms with van der Waals surface area (Å²) in [5.74, 6) is -0.0200. The van der Waals surface area contributed by atoms with Crippen molar-refractivity contribution in [3.63, 3.8) is 0 Å². The van der Waals surface area contributed by atoms with E-state index in [9.17, 15) is 9.90 Å². The van der Waals surface area contributed by atoms with Crippen molar-refractivity contribution in [2.75, 3.05) is 7.11 Å². The third kappa shape index (κ3) is 4.31. The monoisotopic (exact) mass is 490 g/mol. The zero-order valence-electron chi connectivity index (χ0n) is 14.4. The minimum atomic E-state index is -0.250. The SMILES string of the molecule is COc1cc(Br)c(Br)c(/C=N\NC(=O)Cc2cccc3ccccc23)c1O. The Kier molecular flexibility index (Phi) is 6.13. The van der Waals surface area contributed by atoms with Crippen LogP contribution in [0.5, 0.6) is 11.5 Å². The van der Waals surface area contributed by atoms with Gasteiger partial charge in [-0.25, -0.2) is 5.43 Å². The third-order valence-electron chi connectivity index (χ3n) is 4.03. The Bertz CT molecular complexity index is 1030. The molecule has 0 aromatic heterocycles. The van der Waals surface area contributed by atoms with Crippen molar-refractivity contribution in [2.24, 2.45) is 5.10 Å². The molecule has 27 heavy (non-hydrogen) atoms. The highest BCUT2D eigenvalue weighted by Gasteiger charge is 2.14. The number of halogens is 2. The van der Waals surface area contributed by atoms with Gasteiger partial charge in [0, 0.05) is 8.95 Å². The Morgan fingerprint density at radius 3 is 2.74 bits per heavy atom. The van der Waals surface area contributed by atoms with Crippen molar-refractivity contribution in [3.05, 3.63) is 68.6 Å². The zero-order valence-corrected chi connectivity index (χ0v) is 17.5. The normalized spacial score (nSPS) is 11.1. The third-order valence-corrected chi connectivity index (χ3v) is 6.04. The maximum Gasteiger partial charge on any atom is 0.244 e. The summed E-state index contributed by atoms with van der Waals surface area (Å²) >= 11 is 6.75. The van der Waals surface area contributed by atoms with Gasteiger partial charge in [0.1, 0.15) is 0 Å². The lowest BCUT2D eigenvalue weighted by Crippen LogP contribution is -2.20. The van der Waals surface area contributed by atoms with Crippen molar-refractivity contribution >= 4 is 54.8 Å². The summed E-state index contributed by atoms with van der Waals surface area (Å²) < 4.78 is 6.42. The van der Waals surface area contributed by atoms with Crippen molar-refractivity contribution in [1.82, 2.24) is 5.43 Å². The molecule has 0 aliphatic rings. The van der Waals surface area contributed by atoms with Gasteiger partial charge in [0.25, 0.3) is 0 Å². The number of hydrazone groups is 1. The highest BCUT2D eigenvalue weighted by molar-refractivity contribution is 9.13. The molecule has 5 nitrogen and oxygen atoms in total. The lowest BCUT2D eigenvalue weighted by atomic mass is 10.0. The van der Waals surface area contributed by atoms with Gasteiger partial charge in [0.15, 0.2) is 11.5 Å². The topological polar surface area (TPSA) is 70.9 Å². The highest BCUT2D eigenvalue weighted by Crippen LogP contribution is 2.39. The fourth-order valence-corrected chi connectivity index (χ4v) is 3.54. The first-order valence-corrected chi connectivity index (χ1v) is 9.63. The summed E-state index contributed by atoms with van der Waals surface area (Å²) in [6.07, 6.45) is 1.57. The summed E-state index contributed by atoms with van der Waals surface area (Å²) in [6, 6.07) is 15.4. The van der Waals surface area contributed by atoms with Gasteiger partial charge in [0.05, 0.1) is 25.3 Å². The average molecular weight is 492 g/mol. The second-order valence-corrected chi connectivity index (χ2v) is 7.39. The fourth-order valence-electron chi connectivity index (χ4n) is 2.71. The van der Waals surface area contributed by atoms with Crippen molar-refractivity contribution in [3.8, 4) is 11.5 Å². The van der Waals surface area contributed by atoms with Gasteiger partial charge >= 0.3 is 0 Å². The molecule has 2 N–H and O–H groups in total. The Labute approximate surface area is 173 Å². The number of phenolic OH excluding ortho intramolecular Hbond substituents is 1. The van der Waals surface area contributed by atoms with Crippen LogP contribution in [0.2, 0.25) is 0 Å². The van der Waals surface area contributed by atoms with Crippen molar-refractivity contribution in [2.45, 2.75) is 6.42 Å². The molecule has 138 valence electrons. The van der Waals surface area contributed by atoms with Gasteiger partial charge in [-0.15, -0.1) is 0 Å². The zero-order chi connectivity index (χ0) is 19.4. The second-order valence-electron chi connectivity index (χ2n) is 5.75. The standard InChI is InChI=1S/C20H16Br2N2O3/c1-27-17-10-16(21)19(22)15(20(17)26)11-23-24-18(25)9-13-7-4-6-12-5-2-3-8-14(12)13/h2-8,10-11,26H,9H2,1H3,(H,24,25)/b23-11-. The largest absolute Gasteiger partial charge is 0.504 e. The van der Waals surface area contributed by atoms with E-state index in [1.54, 1.807) is 6.07 Å². The molecule has 3 aromatic carbocycles. The molecule has 0 heterocycles.